The molecule has 0 fully saturated rings. The molecule has 4 nitrogen and oxygen atoms in total. The Morgan fingerprint density at radius 3 is 2.44 bits per heavy atom. The minimum Gasteiger partial charge on any atom is -0.465 e. The van der Waals surface area contributed by atoms with Crippen molar-refractivity contribution < 1.29 is 14.3 Å². The summed E-state index contributed by atoms with van der Waals surface area (Å²) in [6, 6.07) is 18.7. The minimum atomic E-state index is -0.398. The second kappa shape index (κ2) is 7.02. The molecule has 0 bridgehead atoms. The number of benzene rings is 2. The number of thiophene rings is 1. The van der Waals surface area contributed by atoms with Crippen molar-refractivity contribution in [1.82, 2.24) is 4.57 Å². The Bertz CT molecular complexity index is 1140. The fourth-order valence-electron chi connectivity index (χ4n) is 3.15. The summed E-state index contributed by atoms with van der Waals surface area (Å²) in [6.45, 7) is 0. The van der Waals surface area contributed by atoms with Gasteiger partial charge in [0.05, 0.1) is 12.8 Å². The van der Waals surface area contributed by atoms with Crippen molar-refractivity contribution in [2.24, 2.45) is 0 Å². The van der Waals surface area contributed by atoms with Crippen molar-refractivity contribution >= 4 is 45.4 Å². The van der Waals surface area contributed by atoms with E-state index in [-0.39, 0.29) is 0 Å². The van der Waals surface area contributed by atoms with Crippen LogP contribution in [0.25, 0.3) is 27.0 Å². The summed E-state index contributed by atoms with van der Waals surface area (Å²) in [5.41, 5.74) is 3.03. The Morgan fingerprint density at radius 1 is 1.11 bits per heavy atom. The lowest BCUT2D eigenvalue weighted by Crippen LogP contribution is -2.00. The molecular weight excluding hydrogens is 382 g/mol. The largest absolute Gasteiger partial charge is 0.465 e. The van der Waals surface area contributed by atoms with Crippen molar-refractivity contribution in [1.29, 1.82) is 0 Å². The van der Waals surface area contributed by atoms with Crippen LogP contribution in [0.15, 0.2) is 60.7 Å². The standard InChI is InChI=1S/C21H14ClNO3S/c1-26-21(25)18-11-16-19(13-5-3-2-4-6-13)17(12-24)23(20(16)27-18)15-9-7-14(22)8-10-15/h2-12H,1H3. The molecule has 0 amide bonds. The molecule has 0 aliphatic carbocycles. The molecule has 2 aromatic carbocycles. The molecule has 0 unspecified atom stereocenters. The number of methoxy groups -OCH3 is 1. The van der Waals surface area contributed by atoms with Crippen LogP contribution >= 0.6 is 22.9 Å². The zero-order valence-electron chi connectivity index (χ0n) is 14.3. The zero-order chi connectivity index (χ0) is 19.0. The number of hydrogen-bond donors (Lipinski definition) is 0. The summed E-state index contributed by atoms with van der Waals surface area (Å²) >= 11 is 7.32. The molecule has 0 N–H and O–H groups in total. The Hall–Kier alpha value is -2.89. The molecule has 0 atom stereocenters. The average Bonchev–Trinajstić information content (AvgIpc) is 3.25. The van der Waals surface area contributed by atoms with Gasteiger partial charge in [0.25, 0.3) is 0 Å². The zero-order valence-corrected chi connectivity index (χ0v) is 15.9. The van der Waals surface area contributed by atoms with Gasteiger partial charge in [0.15, 0.2) is 6.29 Å². The maximum Gasteiger partial charge on any atom is 0.348 e. The Balaban J connectivity index is 2.09. The molecule has 4 rings (SSSR count). The van der Waals surface area contributed by atoms with Gasteiger partial charge in [-0.05, 0) is 35.9 Å². The van der Waals surface area contributed by atoms with Gasteiger partial charge in [-0.15, -0.1) is 11.3 Å². The summed E-state index contributed by atoms with van der Waals surface area (Å²) in [4.78, 5) is 25.4. The van der Waals surface area contributed by atoms with Gasteiger partial charge in [-0.25, -0.2) is 4.79 Å². The number of carbonyl (C=O) groups excluding carboxylic acids is 2. The highest BCUT2D eigenvalue weighted by Crippen LogP contribution is 2.40. The molecule has 0 radical (unpaired) electrons. The van der Waals surface area contributed by atoms with E-state index in [0.717, 1.165) is 33.3 Å². The highest BCUT2D eigenvalue weighted by molar-refractivity contribution is 7.20. The van der Waals surface area contributed by atoms with Gasteiger partial charge in [0, 0.05) is 21.7 Å². The van der Waals surface area contributed by atoms with Gasteiger partial charge in [0.2, 0.25) is 0 Å². The number of nitrogens with zero attached hydrogens (tertiary/aromatic N) is 1. The predicted octanol–water partition coefficient (Wildman–Crippen LogP) is 5.61. The lowest BCUT2D eigenvalue weighted by Gasteiger charge is -2.08. The summed E-state index contributed by atoms with van der Waals surface area (Å²) < 4.78 is 6.73. The third-order valence-electron chi connectivity index (χ3n) is 4.33. The highest BCUT2D eigenvalue weighted by atomic mass is 35.5. The number of hydrogen-bond acceptors (Lipinski definition) is 4. The van der Waals surface area contributed by atoms with E-state index in [4.69, 9.17) is 16.3 Å². The first-order chi connectivity index (χ1) is 13.1. The minimum absolute atomic E-state index is 0.398. The lowest BCUT2D eigenvalue weighted by atomic mass is 10.0. The van der Waals surface area contributed by atoms with Gasteiger partial charge in [0.1, 0.15) is 9.71 Å². The Labute approximate surface area is 164 Å². The van der Waals surface area contributed by atoms with Crippen LogP contribution in [-0.4, -0.2) is 23.9 Å². The molecular formula is C21H14ClNO3S. The van der Waals surface area contributed by atoms with Crippen molar-refractivity contribution in [3.63, 3.8) is 0 Å². The van der Waals surface area contributed by atoms with Crippen LogP contribution in [-0.2, 0) is 4.74 Å². The second-order valence-corrected chi connectivity index (χ2v) is 7.34. The van der Waals surface area contributed by atoms with Crippen LogP contribution in [0.1, 0.15) is 20.2 Å². The topological polar surface area (TPSA) is 48.3 Å². The van der Waals surface area contributed by atoms with Crippen LogP contribution in [0.4, 0.5) is 0 Å². The lowest BCUT2D eigenvalue weighted by molar-refractivity contribution is 0.0606. The third kappa shape index (κ3) is 2.95. The Kier molecular flexibility index (Phi) is 4.56. The van der Waals surface area contributed by atoms with Crippen LogP contribution < -0.4 is 0 Å². The van der Waals surface area contributed by atoms with Crippen molar-refractivity contribution in [3.8, 4) is 16.8 Å². The van der Waals surface area contributed by atoms with Gasteiger partial charge in [-0.3, -0.25) is 9.36 Å². The van der Waals surface area contributed by atoms with E-state index in [1.807, 2.05) is 47.0 Å². The number of aldehydes is 1. The Morgan fingerprint density at radius 2 is 1.81 bits per heavy atom. The molecule has 0 aliphatic heterocycles. The van der Waals surface area contributed by atoms with Gasteiger partial charge < -0.3 is 4.74 Å². The van der Waals surface area contributed by atoms with Crippen LogP contribution in [0.2, 0.25) is 5.02 Å². The summed E-state index contributed by atoms with van der Waals surface area (Å²) in [5.74, 6) is -0.398. The number of halogens is 1. The van der Waals surface area contributed by atoms with Gasteiger partial charge >= 0.3 is 5.97 Å². The molecule has 4 aromatic rings. The maximum absolute atomic E-state index is 12.1. The van der Waals surface area contributed by atoms with Crippen LogP contribution in [0, 0.1) is 0 Å². The van der Waals surface area contributed by atoms with E-state index >= 15 is 0 Å². The van der Waals surface area contributed by atoms with E-state index < -0.39 is 5.97 Å². The molecule has 0 spiro atoms. The summed E-state index contributed by atoms with van der Waals surface area (Å²) in [6.07, 6.45) is 0.849. The molecule has 2 heterocycles. The third-order valence-corrected chi connectivity index (χ3v) is 5.68. The monoisotopic (exact) mass is 395 g/mol. The fraction of sp³-hybridized carbons (Fsp3) is 0.0476. The number of esters is 1. The maximum atomic E-state index is 12.1. The quantitative estimate of drug-likeness (QED) is 0.333. The molecule has 6 heteroatoms. The number of rotatable bonds is 4. The van der Waals surface area contributed by atoms with Crippen molar-refractivity contribution in [2.45, 2.75) is 0 Å². The molecule has 134 valence electrons. The van der Waals surface area contributed by atoms with E-state index in [0.29, 0.717) is 15.6 Å². The summed E-state index contributed by atoms with van der Waals surface area (Å²) in [5, 5.41) is 1.45. The normalized spacial score (nSPS) is 10.9. The first kappa shape index (κ1) is 17.5. The molecule has 0 saturated carbocycles. The van der Waals surface area contributed by atoms with Crippen molar-refractivity contribution in [3.05, 3.63) is 76.3 Å². The number of ether oxygens (including phenoxy) is 1. The number of aromatic nitrogens is 1. The molecule has 2 aromatic heterocycles. The summed E-state index contributed by atoms with van der Waals surface area (Å²) in [7, 11) is 1.36. The fourth-order valence-corrected chi connectivity index (χ4v) is 4.40. The van der Waals surface area contributed by atoms with Crippen LogP contribution in [0.3, 0.4) is 0 Å². The van der Waals surface area contributed by atoms with E-state index in [2.05, 4.69) is 0 Å². The van der Waals surface area contributed by atoms with Gasteiger partial charge in [-0.2, -0.15) is 0 Å². The first-order valence-corrected chi connectivity index (χ1v) is 9.36. The van der Waals surface area contributed by atoms with Crippen molar-refractivity contribution in [2.75, 3.05) is 7.11 Å². The first-order valence-electron chi connectivity index (χ1n) is 8.17. The second-order valence-electron chi connectivity index (χ2n) is 5.88. The molecule has 27 heavy (non-hydrogen) atoms. The van der Waals surface area contributed by atoms with E-state index in [1.165, 1.54) is 18.4 Å². The average molecular weight is 396 g/mol. The number of fused-ring (bicyclic) bond motifs is 1. The predicted molar refractivity (Wildman–Crippen MR) is 108 cm³/mol. The highest BCUT2D eigenvalue weighted by Gasteiger charge is 2.23. The SMILES string of the molecule is COC(=O)c1cc2c(-c3ccccc3)c(C=O)n(-c3ccc(Cl)cc3)c2s1. The number of carbonyl (C=O) groups is 2. The smallest absolute Gasteiger partial charge is 0.348 e. The van der Waals surface area contributed by atoms with E-state index in [1.54, 1.807) is 18.2 Å². The van der Waals surface area contributed by atoms with E-state index in [9.17, 15) is 9.59 Å². The molecule has 0 aliphatic rings. The molecule has 0 saturated heterocycles. The van der Waals surface area contributed by atoms with Crippen LogP contribution in [0.5, 0.6) is 0 Å². The van der Waals surface area contributed by atoms with Gasteiger partial charge in [-0.1, -0.05) is 41.9 Å².